The van der Waals surface area contributed by atoms with E-state index in [4.69, 9.17) is 21.5 Å². The number of unbranched alkanes of at least 4 members (excludes halogenated alkanes) is 1. The number of hydrogen-bond acceptors (Lipinski definition) is 12. The predicted molar refractivity (Wildman–Crippen MR) is 270 cm³/mol. The number of carbonyl (C=O) groups excluding carboxylic acids is 4. The third-order valence-electron chi connectivity index (χ3n) is 13.7. The quantitative estimate of drug-likeness (QED) is 0.0759. The number of hydrogen-bond donors (Lipinski definition) is 7. The van der Waals surface area contributed by atoms with Crippen LogP contribution in [-0.2, 0) is 36.1 Å². The van der Waals surface area contributed by atoms with E-state index in [1.807, 2.05) is 6.07 Å². The fourth-order valence-electron chi connectivity index (χ4n) is 10.00. The maximum Gasteiger partial charge on any atom is 0.314 e. The number of primary sulfonamides is 1. The van der Waals surface area contributed by atoms with Gasteiger partial charge >= 0.3 is 12.1 Å². The van der Waals surface area contributed by atoms with Crippen LogP contribution in [0, 0.1) is 11.3 Å². The van der Waals surface area contributed by atoms with Crippen molar-refractivity contribution in [3.05, 3.63) is 87.9 Å². The first-order valence-electron chi connectivity index (χ1n) is 24.7. The fourth-order valence-corrected chi connectivity index (χ4v) is 12.3. The number of piperazine rings is 1. The van der Waals surface area contributed by atoms with Crippen molar-refractivity contribution in [3.8, 4) is 11.8 Å². The van der Waals surface area contributed by atoms with Crippen LogP contribution in [0.5, 0.6) is 5.75 Å². The van der Waals surface area contributed by atoms with Gasteiger partial charge in [-0.05, 0) is 111 Å². The molecule has 0 unspecified atom stereocenters. The van der Waals surface area contributed by atoms with E-state index in [2.05, 4.69) is 49.2 Å². The molecule has 0 bridgehead atoms. The average molecular weight is 1050 g/mol. The first kappa shape index (κ1) is 54.2. The Morgan fingerprint density at radius 3 is 2.03 bits per heavy atom. The Morgan fingerprint density at radius 1 is 0.792 bits per heavy atom. The molecule has 4 aliphatic rings. The second kappa shape index (κ2) is 24.9. The van der Waals surface area contributed by atoms with Gasteiger partial charge in [0.05, 0.1) is 27.5 Å². The molecule has 1 aliphatic carbocycles. The Kier molecular flexibility index (Phi) is 18.8. The number of nitrogens with one attached hydrogen (secondary N) is 6. The van der Waals surface area contributed by atoms with E-state index in [1.165, 1.54) is 18.2 Å². The number of likely N-dealkylation sites (tertiary alicyclic amines) is 2. The van der Waals surface area contributed by atoms with Crippen LogP contribution in [-0.4, -0.2) is 146 Å². The molecule has 8 N–H and O–H groups in total. The summed E-state index contributed by atoms with van der Waals surface area (Å²) >= 11 is 6.44. The number of sulfonamides is 2. The minimum Gasteiger partial charge on any atom is -0.484 e. The summed E-state index contributed by atoms with van der Waals surface area (Å²) in [7, 11) is -7.79. The number of ether oxygens (including phenoxy) is 1. The standard InChI is InChI=1S/C49H66ClN11O9S2/c1-33-30-59(25-22-53-33)43-28-41-35(29-51)26-36(50)27-42(41)47(43)70-38-12-14-39(15-13-38)72(68,69)58-37-17-24-61(32-37)46(63)11-7-21-57-49(65)55-19-5-4-18-54-48(64)56-20-6-10-45(62)60-23-16-34(31-60)40-8-2-3-9-44(40)71(52,66)67/h2-3,8-9,12-15,26-27,33-34,37,43,47,53,58H,4-7,10-11,16-25,28,30-32H2,1H3,(H2,52,66,67)(H2,54,56,64)(H2,55,57,65)/t33-,34-,37+,43+,47+/m1/s1. The van der Waals surface area contributed by atoms with Crippen molar-refractivity contribution in [1.29, 1.82) is 5.26 Å². The van der Waals surface area contributed by atoms with Crippen molar-refractivity contribution >= 4 is 55.5 Å². The summed E-state index contributed by atoms with van der Waals surface area (Å²) in [4.78, 5) is 56.2. The topological polar surface area (TPSA) is 278 Å². The van der Waals surface area contributed by atoms with Gasteiger partial charge in [-0.25, -0.2) is 36.3 Å². The second-order valence-corrected chi connectivity index (χ2v) is 22.6. The number of nitrogens with two attached hydrogens (primary N) is 1. The van der Waals surface area contributed by atoms with Gasteiger partial charge in [-0.1, -0.05) is 29.8 Å². The van der Waals surface area contributed by atoms with Gasteiger partial charge in [0.1, 0.15) is 11.9 Å². The molecule has 3 aromatic carbocycles. The van der Waals surface area contributed by atoms with Gasteiger partial charge in [0.25, 0.3) is 0 Å². The maximum absolute atomic E-state index is 13.5. The van der Waals surface area contributed by atoms with Gasteiger partial charge in [0, 0.05) is 108 Å². The zero-order valence-electron chi connectivity index (χ0n) is 40.5. The predicted octanol–water partition coefficient (Wildman–Crippen LogP) is 3.03. The largest absolute Gasteiger partial charge is 0.484 e. The van der Waals surface area contributed by atoms with E-state index < -0.39 is 32.2 Å². The molecule has 3 aromatic rings. The zero-order chi connectivity index (χ0) is 51.4. The summed E-state index contributed by atoms with van der Waals surface area (Å²) in [6, 6.07) is 17.8. The third kappa shape index (κ3) is 14.6. The van der Waals surface area contributed by atoms with E-state index in [0.29, 0.717) is 112 Å². The van der Waals surface area contributed by atoms with E-state index in [-0.39, 0.29) is 71.6 Å². The summed E-state index contributed by atoms with van der Waals surface area (Å²) in [5.74, 6) is 0.186. The Balaban J connectivity index is 0.724. The molecule has 23 heteroatoms. The summed E-state index contributed by atoms with van der Waals surface area (Å²) in [5, 5.41) is 30.2. The molecule has 20 nitrogen and oxygen atoms in total. The lowest BCUT2D eigenvalue weighted by molar-refractivity contribution is -0.131. The summed E-state index contributed by atoms with van der Waals surface area (Å²) < 4.78 is 60.3. The number of fused-ring (bicyclic) bond motifs is 1. The molecule has 72 heavy (non-hydrogen) atoms. The molecule has 5 atom stereocenters. The highest BCUT2D eigenvalue weighted by Crippen LogP contribution is 2.41. The van der Waals surface area contributed by atoms with Crippen molar-refractivity contribution in [2.75, 3.05) is 72.0 Å². The van der Waals surface area contributed by atoms with Gasteiger partial charge in [0.15, 0.2) is 0 Å². The molecule has 0 spiro atoms. The number of urea groups is 2. The minimum atomic E-state index is -3.91. The number of nitriles is 1. The van der Waals surface area contributed by atoms with Crippen LogP contribution in [0.4, 0.5) is 9.59 Å². The SMILES string of the molecule is C[C@@H]1CN([C@H]2Cc3c(C#N)cc(Cl)cc3[C@@H]2Oc2ccc(S(=O)(=O)N[C@H]3CCN(C(=O)CCCNC(=O)NCCCCNC(=O)NCCCC(=O)N4CC[C@@H](c5ccccc5S(N)(=O)=O)C4)C3)cc2)CCN1. The van der Waals surface area contributed by atoms with E-state index in [0.717, 1.165) is 30.8 Å². The zero-order valence-corrected chi connectivity index (χ0v) is 42.9. The molecule has 3 heterocycles. The molecule has 390 valence electrons. The van der Waals surface area contributed by atoms with Gasteiger partial charge in [-0.2, -0.15) is 5.26 Å². The number of halogens is 1. The van der Waals surface area contributed by atoms with Crippen molar-refractivity contribution < 1.29 is 40.8 Å². The van der Waals surface area contributed by atoms with E-state index in [1.54, 1.807) is 46.2 Å². The van der Waals surface area contributed by atoms with Crippen LogP contribution in [0.1, 0.15) is 92.6 Å². The molecular formula is C49H66ClN11O9S2. The Labute approximate surface area is 427 Å². The first-order valence-corrected chi connectivity index (χ1v) is 28.1. The first-order chi connectivity index (χ1) is 34.5. The Morgan fingerprint density at radius 2 is 1.40 bits per heavy atom. The van der Waals surface area contributed by atoms with Crippen LogP contribution in [0.3, 0.4) is 0 Å². The highest BCUT2D eigenvalue weighted by Gasteiger charge is 2.41. The Bertz CT molecular complexity index is 2690. The average Bonchev–Trinajstić information content (AvgIpc) is 4.12. The highest BCUT2D eigenvalue weighted by molar-refractivity contribution is 7.89. The summed E-state index contributed by atoms with van der Waals surface area (Å²) in [5.41, 5.74) is 2.93. The van der Waals surface area contributed by atoms with Gasteiger partial charge in [-0.3, -0.25) is 14.5 Å². The van der Waals surface area contributed by atoms with Gasteiger partial charge < -0.3 is 41.1 Å². The normalized spacial score (nSPS) is 21.2. The lowest BCUT2D eigenvalue weighted by Crippen LogP contribution is -2.54. The highest BCUT2D eigenvalue weighted by atomic mass is 35.5. The molecule has 7 rings (SSSR count). The van der Waals surface area contributed by atoms with Crippen molar-refractivity contribution in [3.63, 3.8) is 0 Å². The number of rotatable bonds is 21. The van der Waals surface area contributed by atoms with Crippen molar-refractivity contribution in [1.82, 2.24) is 46.0 Å². The van der Waals surface area contributed by atoms with Crippen molar-refractivity contribution in [2.24, 2.45) is 5.14 Å². The van der Waals surface area contributed by atoms with Gasteiger partial charge in [0.2, 0.25) is 31.9 Å². The van der Waals surface area contributed by atoms with E-state index in [9.17, 15) is 41.3 Å². The lowest BCUT2D eigenvalue weighted by Gasteiger charge is -2.38. The Hall–Kier alpha value is -5.54. The summed E-state index contributed by atoms with van der Waals surface area (Å²) in [6.45, 7) is 7.54. The third-order valence-corrected chi connectivity index (χ3v) is 16.4. The molecule has 3 fully saturated rings. The van der Waals surface area contributed by atoms with Crippen LogP contribution in [0.15, 0.2) is 70.5 Å². The molecule has 3 aliphatic heterocycles. The molecule has 0 radical (unpaired) electrons. The molecular weight excluding hydrogens is 986 g/mol. The fraction of sp³-hybridized carbons (Fsp3) is 0.531. The van der Waals surface area contributed by atoms with Crippen LogP contribution >= 0.6 is 11.6 Å². The number of carbonyl (C=O) groups is 4. The molecule has 0 saturated carbocycles. The minimum absolute atomic E-state index is 0.0328. The number of amides is 6. The van der Waals surface area contributed by atoms with Gasteiger partial charge in [-0.15, -0.1) is 0 Å². The number of benzene rings is 3. The monoisotopic (exact) mass is 1050 g/mol. The second-order valence-electron chi connectivity index (χ2n) is 18.9. The van der Waals surface area contributed by atoms with Crippen molar-refractivity contribution in [2.45, 2.75) is 105 Å². The maximum atomic E-state index is 13.5. The molecule has 0 aromatic heterocycles. The van der Waals surface area contributed by atoms with Crippen LogP contribution < -0.4 is 41.2 Å². The lowest BCUT2D eigenvalue weighted by atomic mass is 9.98. The molecule has 3 saturated heterocycles. The molecule has 6 amide bonds. The number of nitrogens with zero attached hydrogens (tertiary/aromatic N) is 4. The smallest absolute Gasteiger partial charge is 0.314 e. The summed E-state index contributed by atoms with van der Waals surface area (Å²) in [6.07, 6.45) is 3.86. The van der Waals surface area contributed by atoms with Crippen LogP contribution in [0.25, 0.3) is 0 Å². The van der Waals surface area contributed by atoms with E-state index >= 15 is 0 Å². The van der Waals surface area contributed by atoms with Crippen LogP contribution in [0.2, 0.25) is 5.02 Å².